The van der Waals surface area contributed by atoms with E-state index in [1.807, 2.05) is 61.2 Å². The molecular formula is C20H25N3O2. The summed E-state index contributed by atoms with van der Waals surface area (Å²) < 4.78 is 6.01. The number of aryl methyl sites for hydroxylation is 1. The number of fused-ring (bicyclic) bond motifs is 1. The van der Waals surface area contributed by atoms with E-state index in [4.69, 9.17) is 10.5 Å². The smallest absolute Gasteiger partial charge is 0.243 e. The number of carbonyl (C=O) groups is 1. The van der Waals surface area contributed by atoms with Gasteiger partial charge in [-0.3, -0.25) is 4.79 Å². The number of nitrogens with zero attached hydrogens (tertiary/aromatic N) is 1. The topological polar surface area (TPSA) is 67.6 Å². The molecule has 0 fully saturated rings. The van der Waals surface area contributed by atoms with Crippen LogP contribution in [0.2, 0.25) is 0 Å². The van der Waals surface area contributed by atoms with E-state index in [1.54, 1.807) is 0 Å². The number of para-hydroxylation sites is 1. The Morgan fingerprint density at radius 3 is 2.80 bits per heavy atom. The molecule has 1 aliphatic rings. The lowest BCUT2D eigenvalue weighted by atomic mass is 10.0. The van der Waals surface area contributed by atoms with Gasteiger partial charge in [0.25, 0.3) is 0 Å². The maximum atomic E-state index is 12.6. The summed E-state index contributed by atoms with van der Waals surface area (Å²) in [5.41, 5.74) is 9.04. The molecule has 132 valence electrons. The van der Waals surface area contributed by atoms with E-state index in [0.717, 1.165) is 29.1 Å². The summed E-state index contributed by atoms with van der Waals surface area (Å²) in [4.78, 5) is 14.7. The number of amides is 1. The lowest BCUT2D eigenvalue weighted by molar-refractivity contribution is -0.115. The first-order valence-electron chi connectivity index (χ1n) is 8.59. The molecule has 0 radical (unpaired) electrons. The van der Waals surface area contributed by atoms with Gasteiger partial charge in [-0.05, 0) is 44.0 Å². The van der Waals surface area contributed by atoms with Gasteiger partial charge in [-0.2, -0.15) is 0 Å². The highest BCUT2D eigenvalue weighted by Crippen LogP contribution is 2.38. The van der Waals surface area contributed by atoms with Gasteiger partial charge in [-0.15, -0.1) is 0 Å². The fourth-order valence-corrected chi connectivity index (χ4v) is 3.20. The van der Waals surface area contributed by atoms with Crippen LogP contribution in [0.3, 0.4) is 0 Å². The van der Waals surface area contributed by atoms with Crippen molar-refractivity contribution in [1.82, 2.24) is 0 Å². The van der Waals surface area contributed by atoms with Crippen LogP contribution in [-0.4, -0.2) is 24.6 Å². The maximum absolute atomic E-state index is 12.6. The lowest BCUT2D eigenvalue weighted by Gasteiger charge is -2.40. The molecule has 5 heteroatoms. The Labute approximate surface area is 148 Å². The minimum Gasteiger partial charge on any atom is -0.484 e. The van der Waals surface area contributed by atoms with E-state index in [-0.39, 0.29) is 18.1 Å². The van der Waals surface area contributed by atoms with E-state index in [1.165, 1.54) is 0 Å². The van der Waals surface area contributed by atoms with Crippen LogP contribution in [0.25, 0.3) is 0 Å². The highest BCUT2D eigenvalue weighted by molar-refractivity contribution is 5.95. The molecule has 0 spiro atoms. The van der Waals surface area contributed by atoms with Gasteiger partial charge in [0.2, 0.25) is 5.91 Å². The van der Waals surface area contributed by atoms with E-state index in [2.05, 4.69) is 12.2 Å². The third kappa shape index (κ3) is 3.87. The van der Waals surface area contributed by atoms with Gasteiger partial charge in [0, 0.05) is 17.4 Å². The molecule has 0 saturated heterocycles. The first kappa shape index (κ1) is 17.1. The normalized spacial score (nSPS) is 15.2. The van der Waals surface area contributed by atoms with Crippen LogP contribution in [0.15, 0.2) is 42.5 Å². The Hall–Kier alpha value is -2.69. The number of rotatable bonds is 4. The van der Waals surface area contributed by atoms with Crippen molar-refractivity contribution >= 4 is 23.0 Å². The van der Waals surface area contributed by atoms with Gasteiger partial charge in [-0.25, -0.2) is 0 Å². The monoisotopic (exact) mass is 339 g/mol. The first-order chi connectivity index (χ1) is 11.9. The molecule has 0 aromatic heterocycles. The molecule has 2 aromatic rings. The van der Waals surface area contributed by atoms with Crippen LogP contribution >= 0.6 is 0 Å². The minimum absolute atomic E-state index is 0.0404. The minimum atomic E-state index is -0.387. The summed E-state index contributed by atoms with van der Waals surface area (Å²) in [5.74, 6) is 0.680. The van der Waals surface area contributed by atoms with Crippen molar-refractivity contribution in [2.45, 2.75) is 32.8 Å². The Kier molecular flexibility index (Phi) is 4.57. The zero-order valence-corrected chi connectivity index (χ0v) is 15.0. The molecule has 5 nitrogen and oxygen atoms in total. The quantitative estimate of drug-likeness (QED) is 0.837. The Morgan fingerprint density at radius 1 is 1.28 bits per heavy atom. The second-order valence-electron chi connectivity index (χ2n) is 7.00. The molecule has 0 atom stereocenters. The summed E-state index contributed by atoms with van der Waals surface area (Å²) in [6, 6.07) is 13.4. The number of nitrogens with two attached hydrogens (primary N) is 1. The number of hydrogen-bond acceptors (Lipinski definition) is 4. The summed E-state index contributed by atoms with van der Waals surface area (Å²) in [7, 11) is 0. The highest BCUT2D eigenvalue weighted by Gasteiger charge is 2.32. The van der Waals surface area contributed by atoms with Crippen LogP contribution in [0.4, 0.5) is 17.1 Å². The molecule has 1 amide bonds. The molecular weight excluding hydrogens is 314 g/mol. The fraction of sp³-hybridized carbons (Fsp3) is 0.350. The number of ether oxygens (including phenoxy) is 1. The first-order valence-corrected chi connectivity index (χ1v) is 8.59. The van der Waals surface area contributed by atoms with E-state index in [9.17, 15) is 4.79 Å². The fourth-order valence-electron chi connectivity index (χ4n) is 3.20. The maximum Gasteiger partial charge on any atom is 0.243 e. The summed E-state index contributed by atoms with van der Waals surface area (Å²) in [6.07, 6.45) is 0.878. The molecule has 3 rings (SSSR count). The third-order valence-corrected chi connectivity index (χ3v) is 4.29. The summed E-state index contributed by atoms with van der Waals surface area (Å²) in [6.45, 7) is 7.00. The zero-order chi connectivity index (χ0) is 18.0. The highest BCUT2D eigenvalue weighted by atomic mass is 16.5. The number of anilines is 3. The van der Waals surface area contributed by atoms with Crippen LogP contribution < -0.4 is 20.7 Å². The van der Waals surface area contributed by atoms with Crippen molar-refractivity contribution in [3.05, 3.63) is 48.0 Å². The average molecular weight is 339 g/mol. The van der Waals surface area contributed by atoms with Gasteiger partial charge in [-0.1, -0.05) is 25.1 Å². The summed E-state index contributed by atoms with van der Waals surface area (Å²) in [5, 5.41) is 3.03. The van der Waals surface area contributed by atoms with Crippen molar-refractivity contribution in [3.8, 4) is 5.75 Å². The van der Waals surface area contributed by atoms with Gasteiger partial charge >= 0.3 is 0 Å². The molecule has 2 aromatic carbocycles. The van der Waals surface area contributed by atoms with Crippen molar-refractivity contribution in [1.29, 1.82) is 0 Å². The van der Waals surface area contributed by atoms with Crippen molar-refractivity contribution in [3.63, 3.8) is 0 Å². The van der Waals surface area contributed by atoms with E-state index >= 15 is 0 Å². The number of hydrogen-bond donors (Lipinski definition) is 2. The second-order valence-corrected chi connectivity index (χ2v) is 7.00. The molecule has 1 aliphatic heterocycles. The average Bonchev–Trinajstić information content (AvgIpc) is 2.53. The Bertz CT molecular complexity index is 786. The predicted molar refractivity (Wildman–Crippen MR) is 102 cm³/mol. The number of nitrogen functional groups attached to an aromatic ring is 1. The molecule has 0 saturated carbocycles. The standard InChI is InChI=1S/C20H25N3O2/c1-4-14-7-5-6-8-16(14)22-19(24)12-23-13-20(2,3)25-18-11-15(21)9-10-17(18)23/h5-11H,4,12-13,21H2,1-3H3,(H,22,24). The molecule has 25 heavy (non-hydrogen) atoms. The van der Waals surface area contributed by atoms with Crippen molar-refractivity contribution in [2.24, 2.45) is 0 Å². The van der Waals surface area contributed by atoms with Crippen molar-refractivity contribution < 1.29 is 9.53 Å². The third-order valence-electron chi connectivity index (χ3n) is 4.29. The molecule has 0 bridgehead atoms. The van der Waals surface area contributed by atoms with E-state index in [0.29, 0.717) is 12.2 Å². The van der Waals surface area contributed by atoms with Crippen molar-refractivity contribution in [2.75, 3.05) is 29.0 Å². The van der Waals surface area contributed by atoms with Crippen LogP contribution in [0.1, 0.15) is 26.3 Å². The summed E-state index contributed by atoms with van der Waals surface area (Å²) >= 11 is 0. The largest absolute Gasteiger partial charge is 0.484 e. The number of benzene rings is 2. The predicted octanol–water partition coefficient (Wildman–Crippen LogP) is 3.45. The molecule has 0 aliphatic carbocycles. The molecule has 3 N–H and O–H groups in total. The van der Waals surface area contributed by atoms with Crippen LogP contribution in [-0.2, 0) is 11.2 Å². The van der Waals surface area contributed by atoms with Gasteiger partial charge in [0.1, 0.15) is 11.4 Å². The Balaban J connectivity index is 1.79. The molecule has 0 unspecified atom stereocenters. The molecule has 1 heterocycles. The van der Waals surface area contributed by atoms with Gasteiger partial charge < -0.3 is 20.7 Å². The Morgan fingerprint density at radius 2 is 2.04 bits per heavy atom. The lowest BCUT2D eigenvalue weighted by Crippen LogP contribution is -2.49. The van der Waals surface area contributed by atoms with Crippen LogP contribution in [0.5, 0.6) is 5.75 Å². The van der Waals surface area contributed by atoms with Crippen LogP contribution in [0, 0.1) is 0 Å². The number of carbonyl (C=O) groups excluding carboxylic acids is 1. The SMILES string of the molecule is CCc1ccccc1NC(=O)CN1CC(C)(C)Oc2cc(N)ccc21. The van der Waals surface area contributed by atoms with Gasteiger partial charge in [0.05, 0.1) is 18.8 Å². The van der Waals surface area contributed by atoms with E-state index < -0.39 is 0 Å². The van der Waals surface area contributed by atoms with Gasteiger partial charge in [0.15, 0.2) is 0 Å². The second kappa shape index (κ2) is 6.67. The zero-order valence-electron chi connectivity index (χ0n) is 15.0. The number of nitrogens with one attached hydrogen (secondary N) is 1.